The second-order valence-electron chi connectivity index (χ2n) is 2.35. The quantitative estimate of drug-likeness (QED) is 0.505. The Balaban J connectivity index is 4.05. The minimum atomic E-state index is -1.05. The summed E-state index contributed by atoms with van der Waals surface area (Å²) in [5, 5.41) is 0. The van der Waals surface area contributed by atoms with E-state index in [2.05, 4.69) is 0 Å². The van der Waals surface area contributed by atoms with Crippen LogP contribution in [0, 0.1) is 0 Å². The fourth-order valence-corrected chi connectivity index (χ4v) is 0.574. The van der Waals surface area contributed by atoms with Crippen LogP contribution in [-0.2, 0) is 9.59 Å². The second kappa shape index (κ2) is 3.31. The van der Waals surface area contributed by atoms with Crippen LogP contribution < -0.4 is 11.5 Å². The zero-order chi connectivity index (χ0) is 8.20. The Hall–Kier alpha value is -0.900. The van der Waals surface area contributed by atoms with Crippen molar-refractivity contribution >= 4 is 12.2 Å². The Morgan fingerprint density at radius 2 is 2.20 bits per heavy atom. The van der Waals surface area contributed by atoms with E-state index in [1.807, 2.05) is 0 Å². The lowest BCUT2D eigenvalue weighted by Crippen LogP contribution is -2.44. The topological polar surface area (TPSA) is 86.2 Å². The van der Waals surface area contributed by atoms with Crippen LogP contribution >= 0.6 is 0 Å². The van der Waals surface area contributed by atoms with Gasteiger partial charge in [0.05, 0.1) is 12.0 Å². The molecule has 1 unspecified atom stereocenters. The van der Waals surface area contributed by atoms with Crippen LogP contribution in [0.25, 0.3) is 0 Å². The first-order valence-electron chi connectivity index (χ1n) is 3.07. The minimum absolute atomic E-state index is 0.0764. The van der Waals surface area contributed by atoms with Crippen molar-refractivity contribution in [2.75, 3.05) is 0 Å². The Bertz CT molecular complexity index is 147. The molecule has 4 N–H and O–H groups in total. The van der Waals surface area contributed by atoms with Crippen LogP contribution in [0.2, 0.25) is 0 Å². The summed E-state index contributed by atoms with van der Waals surface area (Å²) in [5.41, 5.74) is 9.23. The minimum Gasteiger partial charge on any atom is -0.370 e. The van der Waals surface area contributed by atoms with Gasteiger partial charge in [-0.2, -0.15) is 0 Å². The molecular formula is C6H12N2O2. The molecule has 0 aliphatic heterocycles. The molecule has 1 amide bonds. The molecule has 0 saturated carbocycles. The lowest BCUT2D eigenvalue weighted by Gasteiger charge is -2.17. The van der Waals surface area contributed by atoms with Gasteiger partial charge in [-0.3, -0.25) is 4.79 Å². The smallest absolute Gasteiger partial charge is 0.219 e. The van der Waals surface area contributed by atoms with Crippen LogP contribution in [0.5, 0.6) is 0 Å². The first-order valence-corrected chi connectivity index (χ1v) is 3.07. The molecule has 4 heteroatoms. The van der Waals surface area contributed by atoms with Crippen molar-refractivity contribution in [2.24, 2.45) is 11.5 Å². The Morgan fingerprint density at radius 1 is 1.70 bits per heavy atom. The number of aldehydes is 1. The van der Waals surface area contributed by atoms with E-state index in [0.717, 1.165) is 0 Å². The van der Waals surface area contributed by atoms with E-state index >= 15 is 0 Å². The molecule has 0 aromatic rings. The van der Waals surface area contributed by atoms with Crippen LogP contribution in [0.3, 0.4) is 0 Å². The van der Waals surface area contributed by atoms with Crippen LogP contribution in [0.1, 0.15) is 19.8 Å². The molecule has 0 fully saturated rings. The predicted octanol–water partition coefficient (Wildman–Crippen LogP) is -0.832. The Morgan fingerprint density at radius 3 is 2.30 bits per heavy atom. The van der Waals surface area contributed by atoms with E-state index in [9.17, 15) is 9.59 Å². The summed E-state index contributed by atoms with van der Waals surface area (Å²) < 4.78 is 0. The van der Waals surface area contributed by atoms with Gasteiger partial charge in [-0.15, -0.1) is 0 Å². The Kier molecular flexibility index (Phi) is 3.02. The molecule has 0 aliphatic carbocycles. The van der Waals surface area contributed by atoms with Gasteiger partial charge in [0, 0.05) is 0 Å². The van der Waals surface area contributed by atoms with Gasteiger partial charge in [-0.05, 0) is 6.42 Å². The lowest BCUT2D eigenvalue weighted by atomic mass is 9.95. The molecule has 0 bridgehead atoms. The van der Waals surface area contributed by atoms with Crippen LogP contribution in [0.15, 0.2) is 0 Å². The third kappa shape index (κ3) is 2.59. The van der Waals surface area contributed by atoms with Gasteiger partial charge in [0.25, 0.3) is 0 Å². The average Bonchev–Trinajstić information content (AvgIpc) is 1.87. The van der Waals surface area contributed by atoms with Crippen molar-refractivity contribution in [1.29, 1.82) is 0 Å². The molecule has 0 radical (unpaired) electrons. The number of rotatable bonds is 4. The molecule has 0 aliphatic rings. The van der Waals surface area contributed by atoms with Gasteiger partial charge in [-0.25, -0.2) is 0 Å². The first-order chi connectivity index (χ1) is 4.54. The van der Waals surface area contributed by atoms with Gasteiger partial charge in [0.2, 0.25) is 5.91 Å². The number of hydrogen-bond acceptors (Lipinski definition) is 3. The zero-order valence-corrected chi connectivity index (χ0v) is 5.96. The van der Waals surface area contributed by atoms with Gasteiger partial charge in [-0.1, -0.05) is 6.92 Å². The van der Waals surface area contributed by atoms with Crippen molar-refractivity contribution in [3.8, 4) is 0 Å². The third-order valence-electron chi connectivity index (χ3n) is 1.40. The van der Waals surface area contributed by atoms with Gasteiger partial charge in [0.15, 0.2) is 0 Å². The largest absolute Gasteiger partial charge is 0.370 e. The predicted molar refractivity (Wildman–Crippen MR) is 37.1 cm³/mol. The highest BCUT2D eigenvalue weighted by Crippen LogP contribution is 2.06. The van der Waals surface area contributed by atoms with Crippen LogP contribution in [0.4, 0.5) is 0 Å². The fraction of sp³-hybridized carbons (Fsp3) is 0.667. The molecule has 0 spiro atoms. The third-order valence-corrected chi connectivity index (χ3v) is 1.40. The summed E-state index contributed by atoms with van der Waals surface area (Å²) >= 11 is 0. The highest BCUT2D eigenvalue weighted by Gasteiger charge is 2.23. The lowest BCUT2D eigenvalue weighted by molar-refractivity contribution is -0.122. The number of hydrogen-bond donors (Lipinski definition) is 2. The molecule has 58 valence electrons. The molecule has 0 saturated heterocycles. The van der Waals surface area contributed by atoms with E-state index in [4.69, 9.17) is 11.5 Å². The number of carbonyl (C=O) groups excluding carboxylic acids is 2. The molecule has 10 heavy (non-hydrogen) atoms. The maximum absolute atomic E-state index is 10.3. The second-order valence-corrected chi connectivity index (χ2v) is 2.35. The molecular weight excluding hydrogens is 132 g/mol. The highest BCUT2D eigenvalue weighted by atomic mass is 16.1. The summed E-state index contributed by atoms with van der Waals surface area (Å²) in [6, 6.07) is 0. The molecule has 1 atom stereocenters. The summed E-state index contributed by atoms with van der Waals surface area (Å²) in [6.07, 6.45) is 0.921. The maximum atomic E-state index is 10.3. The van der Waals surface area contributed by atoms with E-state index in [1.54, 1.807) is 6.92 Å². The summed E-state index contributed by atoms with van der Waals surface area (Å²) in [4.78, 5) is 20.6. The number of primary amides is 1. The first kappa shape index (κ1) is 9.10. The van der Waals surface area contributed by atoms with E-state index < -0.39 is 11.4 Å². The number of carbonyl (C=O) groups is 2. The summed E-state index contributed by atoms with van der Waals surface area (Å²) in [6.45, 7) is 1.73. The van der Waals surface area contributed by atoms with Gasteiger partial charge >= 0.3 is 0 Å². The monoisotopic (exact) mass is 144 g/mol. The zero-order valence-electron chi connectivity index (χ0n) is 5.96. The average molecular weight is 144 g/mol. The molecule has 0 heterocycles. The summed E-state index contributed by atoms with van der Waals surface area (Å²) in [5.74, 6) is -0.545. The molecule has 0 aromatic heterocycles. The van der Waals surface area contributed by atoms with Crippen molar-refractivity contribution in [2.45, 2.75) is 25.3 Å². The Labute approximate surface area is 59.6 Å². The van der Waals surface area contributed by atoms with E-state index in [1.165, 1.54) is 0 Å². The maximum Gasteiger partial charge on any atom is 0.219 e. The molecule has 0 rings (SSSR count). The SMILES string of the molecule is CCC(N)(C=O)CC(N)=O. The number of amides is 1. The van der Waals surface area contributed by atoms with Gasteiger partial charge < -0.3 is 16.3 Å². The van der Waals surface area contributed by atoms with E-state index in [0.29, 0.717) is 12.7 Å². The van der Waals surface area contributed by atoms with Crippen molar-refractivity contribution in [1.82, 2.24) is 0 Å². The van der Waals surface area contributed by atoms with Crippen molar-refractivity contribution in [3.05, 3.63) is 0 Å². The van der Waals surface area contributed by atoms with E-state index in [-0.39, 0.29) is 6.42 Å². The number of nitrogens with two attached hydrogens (primary N) is 2. The molecule has 4 nitrogen and oxygen atoms in total. The highest BCUT2D eigenvalue weighted by molar-refractivity contribution is 5.81. The van der Waals surface area contributed by atoms with Crippen molar-refractivity contribution < 1.29 is 9.59 Å². The van der Waals surface area contributed by atoms with Crippen molar-refractivity contribution in [3.63, 3.8) is 0 Å². The summed E-state index contributed by atoms with van der Waals surface area (Å²) in [7, 11) is 0. The normalized spacial score (nSPS) is 15.8. The molecule has 0 aromatic carbocycles. The standard InChI is InChI=1S/C6H12N2O2/c1-2-6(8,4-9)3-5(7)10/h4H,2-3,8H2,1H3,(H2,7,10). The van der Waals surface area contributed by atoms with Crippen LogP contribution in [-0.4, -0.2) is 17.7 Å². The van der Waals surface area contributed by atoms with Gasteiger partial charge in [0.1, 0.15) is 6.29 Å². The fourth-order valence-electron chi connectivity index (χ4n) is 0.574.